The highest BCUT2D eigenvalue weighted by Crippen LogP contribution is 2.24. The molecule has 0 atom stereocenters. The molecule has 1 fully saturated rings. The number of amides is 1. The minimum atomic E-state index is 0.0237. The van der Waals surface area contributed by atoms with E-state index in [2.05, 4.69) is 25.2 Å². The first kappa shape index (κ1) is 19.9. The Hall–Kier alpha value is -4.01. The monoisotopic (exact) mass is 429 g/mol. The molecule has 2 aromatic heterocycles. The summed E-state index contributed by atoms with van der Waals surface area (Å²) in [5, 5.41) is 8.64. The smallest absolute Gasteiger partial charge is 0.253 e. The maximum atomic E-state index is 12.9. The van der Waals surface area contributed by atoms with Crippen molar-refractivity contribution < 1.29 is 9.53 Å². The Labute approximate surface area is 185 Å². The number of anilines is 1. The molecule has 32 heavy (non-hydrogen) atoms. The van der Waals surface area contributed by atoms with Gasteiger partial charge in [-0.2, -0.15) is 4.68 Å². The fourth-order valence-electron chi connectivity index (χ4n) is 3.88. The van der Waals surface area contributed by atoms with Crippen LogP contribution in [-0.2, 0) is 0 Å². The minimum absolute atomic E-state index is 0.0237. The molecule has 0 bridgehead atoms. The van der Waals surface area contributed by atoms with Gasteiger partial charge in [0.1, 0.15) is 12.1 Å². The zero-order valence-electron chi connectivity index (χ0n) is 17.8. The lowest BCUT2D eigenvalue weighted by molar-refractivity contribution is 0.0746. The quantitative estimate of drug-likeness (QED) is 0.482. The van der Waals surface area contributed by atoms with Crippen LogP contribution in [0, 0.1) is 0 Å². The highest BCUT2D eigenvalue weighted by molar-refractivity contribution is 5.94. The van der Waals surface area contributed by atoms with E-state index in [1.165, 1.54) is 6.33 Å². The summed E-state index contributed by atoms with van der Waals surface area (Å²) in [4.78, 5) is 25.8. The SMILES string of the molecule is CCOc1ccc(C(=O)N2CCN(c3ncnc4c3nnn4-c3ccccc3)CC2)cc1. The third kappa shape index (κ3) is 3.73. The van der Waals surface area contributed by atoms with Gasteiger partial charge in [0.05, 0.1) is 12.3 Å². The number of nitrogens with zero attached hydrogens (tertiary/aromatic N) is 7. The Kier molecular flexibility index (Phi) is 5.37. The van der Waals surface area contributed by atoms with Crippen LogP contribution in [0.2, 0.25) is 0 Å². The van der Waals surface area contributed by atoms with Crippen molar-refractivity contribution in [2.45, 2.75) is 6.92 Å². The topological polar surface area (TPSA) is 89.3 Å². The molecule has 5 rings (SSSR count). The van der Waals surface area contributed by atoms with Crippen LogP contribution in [0.15, 0.2) is 60.9 Å². The van der Waals surface area contributed by atoms with Crippen molar-refractivity contribution in [2.75, 3.05) is 37.7 Å². The van der Waals surface area contributed by atoms with Gasteiger partial charge in [-0.1, -0.05) is 23.4 Å². The van der Waals surface area contributed by atoms with Crippen LogP contribution in [0.3, 0.4) is 0 Å². The first-order valence-electron chi connectivity index (χ1n) is 10.6. The average Bonchev–Trinajstić information content (AvgIpc) is 3.29. The van der Waals surface area contributed by atoms with Crippen LogP contribution >= 0.6 is 0 Å². The van der Waals surface area contributed by atoms with Gasteiger partial charge < -0.3 is 14.5 Å². The van der Waals surface area contributed by atoms with E-state index in [9.17, 15) is 4.79 Å². The normalized spacial score (nSPS) is 14.0. The molecule has 0 N–H and O–H groups in total. The number of benzene rings is 2. The van der Waals surface area contributed by atoms with Gasteiger partial charge in [-0.25, -0.2) is 9.97 Å². The standard InChI is InChI=1S/C23H23N7O2/c1-2-32-19-10-8-17(9-11-19)23(31)29-14-12-28(13-15-29)21-20-22(25-16-24-21)30(27-26-20)18-6-4-3-5-7-18/h3-11,16H,2,12-15H2,1H3. The van der Waals surface area contributed by atoms with Crippen LogP contribution < -0.4 is 9.64 Å². The molecule has 9 nitrogen and oxygen atoms in total. The maximum absolute atomic E-state index is 12.9. The van der Waals surface area contributed by atoms with Gasteiger partial charge in [0.25, 0.3) is 5.91 Å². The van der Waals surface area contributed by atoms with E-state index in [0.717, 1.165) is 17.3 Å². The van der Waals surface area contributed by atoms with Gasteiger partial charge in [-0.15, -0.1) is 5.10 Å². The Bertz CT molecular complexity index is 1220. The Morgan fingerprint density at radius 2 is 1.72 bits per heavy atom. The van der Waals surface area contributed by atoms with E-state index in [1.54, 1.807) is 4.68 Å². The number of carbonyl (C=O) groups excluding carboxylic acids is 1. The minimum Gasteiger partial charge on any atom is -0.494 e. The van der Waals surface area contributed by atoms with Crippen molar-refractivity contribution in [3.63, 3.8) is 0 Å². The Morgan fingerprint density at radius 1 is 0.969 bits per heavy atom. The molecular formula is C23H23N7O2. The Balaban J connectivity index is 1.31. The maximum Gasteiger partial charge on any atom is 0.253 e. The number of para-hydroxylation sites is 1. The lowest BCUT2D eigenvalue weighted by Crippen LogP contribution is -2.49. The van der Waals surface area contributed by atoms with Crippen molar-refractivity contribution in [1.29, 1.82) is 0 Å². The second kappa shape index (κ2) is 8.62. The molecule has 1 aliphatic rings. The third-order valence-electron chi connectivity index (χ3n) is 5.50. The van der Waals surface area contributed by atoms with Crippen molar-refractivity contribution in [1.82, 2.24) is 29.9 Å². The number of aromatic nitrogens is 5. The van der Waals surface area contributed by atoms with Gasteiger partial charge in [0.15, 0.2) is 17.0 Å². The summed E-state index contributed by atoms with van der Waals surface area (Å²) in [5.74, 6) is 1.53. The summed E-state index contributed by atoms with van der Waals surface area (Å²) < 4.78 is 7.17. The van der Waals surface area contributed by atoms with Gasteiger partial charge >= 0.3 is 0 Å². The summed E-state index contributed by atoms with van der Waals surface area (Å²) in [6.07, 6.45) is 1.54. The van der Waals surface area contributed by atoms with Gasteiger partial charge in [0, 0.05) is 31.7 Å². The molecule has 162 valence electrons. The third-order valence-corrected chi connectivity index (χ3v) is 5.50. The van der Waals surface area contributed by atoms with Gasteiger partial charge in [-0.05, 0) is 43.3 Å². The number of hydrogen-bond acceptors (Lipinski definition) is 7. The fraction of sp³-hybridized carbons (Fsp3) is 0.261. The Morgan fingerprint density at radius 3 is 2.44 bits per heavy atom. The largest absolute Gasteiger partial charge is 0.494 e. The number of fused-ring (bicyclic) bond motifs is 1. The highest BCUT2D eigenvalue weighted by Gasteiger charge is 2.25. The van der Waals surface area contributed by atoms with Crippen LogP contribution in [-0.4, -0.2) is 68.6 Å². The van der Waals surface area contributed by atoms with Gasteiger partial charge in [0.2, 0.25) is 0 Å². The summed E-state index contributed by atoms with van der Waals surface area (Å²) in [6, 6.07) is 17.1. The van der Waals surface area contributed by atoms with Crippen molar-refractivity contribution in [3.05, 3.63) is 66.5 Å². The molecule has 1 amide bonds. The predicted molar refractivity (Wildman–Crippen MR) is 120 cm³/mol. The number of carbonyl (C=O) groups is 1. The summed E-state index contributed by atoms with van der Waals surface area (Å²) in [5.41, 5.74) is 2.87. The van der Waals surface area contributed by atoms with E-state index < -0.39 is 0 Å². The molecule has 4 aromatic rings. The lowest BCUT2D eigenvalue weighted by Gasteiger charge is -2.35. The molecule has 0 unspecified atom stereocenters. The van der Waals surface area contributed by atoms with Crippen LogP contribution in [0.4, 0.5) is 5.82 Å². The second-order valence-electron chi connectivity index (χ2n) is 7.44. The summed E-state index contributed by atoms with van der Waals surface area (Å²) in [6.45, 7) is 5.06. The van der Waals surface area contributed by atoms with Crippen LogP contribution in [0.25, 0.3) is 16.9 Å². The van der Waals surface area contributed by atoms with Crippen LogP contribution in [0.1, 0.15) is 17.3 Å². The van der Waals surface area contributed by atoms with E-state index in [-0.39, 0.29) is 5.91 Å². The predicted octanol–water partition coefficient (Wildman–Crippen LogP) is 2.57. The molecular weight excluding hydrogens is 406 g/mol. The zero-order valence-corrected chi connectivity index (χ0v) is 17.8. The molecule has 9 heteroatoms. The molecule has 0 aliphatic carbocycles. The number of ether oxygens (including phenoxy) is 1. The average molecular weight is 429 g/mol. The van der Waals surface area contributed by atoms with E-state index >= 15 is 0 Å². The second-order valence-corrected chi connectivity index (χ2v) is 7.44. The first-order chi connectivity index (χ1) is 15.7. The number of hydrogen-bond donors (Lipinski definition) is 0. The van der Waals surface area contributed by atoms with Crippen molar-refractivity contribution in [2.24, 2.45) is 0 Å². The molecule has 0 spiro atoms. The fourth-order valence-corrected chi connectivity index (χ4v) is 3.88. The highest BCUT2D eigenvalue weighted by atomic mass is 16.5. The van der Waals surface area contributed by atoms with Gasteiger partial charge in [-0.3, -0.25) is 4.79 Å². The van der Waals surface area contributed by atoms with E-state index in [1.807, 2.05) is 66.4 Å². The van der Waals surface area contributed by atoms with E-state index in [4.69, 9.17) is 4.74 Å². The molecule has 0 saturated carbocycles. The van der Waals surface area contributed by atoms with Crippen LogP contribution in [0.5, 0.6) is 5.75 Å². The summed E-state index contributed by atoms with van der Waals surface area (Å²) in [7, 11) is 0. The van der Waals surface area contributed by atoms with Crippen molar-refractivity contribution >= 4 is 22.9 Å². The lowest BCUT2D eigenvalue weighted by atomic mass is 10.1. The van der Waals surface area contributed by atoms with E-state index in [0.29, 0.717) is 49.5 Å². The first-order valence-corrected chi connectivity index (χ1v) is 10.6. The zero-order chi connectivity index (χ0) is 21.9. The molecule has 2 aromatic carbocycles. The number of piperazine rings is 1. The molecule has 1 aliphatic heterocycles. The van der Waals surface area contributed by atoms with Crippen molar-refractivity contribution in [3.8, 4) is 11.4 Å². The number of rotatable bonds is 5. The molecule has 0 radical (unpaired) electrons. The molecule has 1 saturated heterocycles. The molecule has 3 heterocycles. The summed E-state index contributed by atoms with van der Waals surface area (Å²) >= 11 is 0.